The number of likely N-dealkylation sites (tertiary alicyclic amines) is 1. The molecule has 0 aromatic rings. The third-order valence-corrected chi connectivity index (χ3v) is 5.91. The van der Waals surface area contributed by atoms with Gasteiger partial charge in [-0.2, -0.15) is 0 Å². The van der Waals surface area contributed by atoms with E-state index < -0.39 is 5.54 Å². The first-order valence-corrected chi connectivity index (χ1v) is 7.86. The van der Waals surface area contributed by atoms with Gasteiger partial charge in [0.05, 0.1) is 5.54 Å². The van der Waals surface area contributed by atoms with Crippen molar-refractivity contribution in [2.45, 2.75) is 69.4 Å². The van der Waals surface area contributed by atoms with Gasteiger partial charge >= 0.3 is 0 Å². The van der Waals surface area contributed by atoms with Gasteiger partial charge in [0.25, 0.3) is 0 Å². The van der Waals surface area contributed by atoms with E-state index in [1.54, 1.807) is 0 Å². The summed E-state index contributed by atoms with van der Waals surface area (Å²) in [5, 5.41) is 0. The first-order valence-electron chi connectivity index (χ1n) is 7.86. The zero-order chi connectivity index (χ0) is 13.5. The molecule has 1 amide bonds. The van der Waals surface area contributed by atoms with Crippen LogP contribution < -0.4 is 11.5 Å². The third kappa shape index (κ3) is 2.40. The second-order valence-corrected chi connectivity index (χ2v) is 7.20. The van der Waals surface area contributed by atoms with E-state index in [4.69, 9.17) is 11.5 Å². The molecule has 2 saturated carbocycles. The van der Waals surface area contributed by atoms with Crippen LogP contribution in [0.2, 0.25) is 0 Å². The first kappa shape index (κ1) is 13.4. The molecular weight excluding hydrogens is 238 g/mol. The largest absolute Gasteiger partial charge is 0.368 e. The summed E-state index contributed by atoms with van der Waals surface area (Å²) in [6, 6.07) is 0.485. The number of nitrogens with two attached hydrogens (primary N) is 2. The van der Waals surface area contributed by atoms with Crippen LogP contribution in [0.4, 0.5) is 0 Å². The molecule has 0 radical (unpaired) electrons. The molecular formula is C15H27N3O. The molecule has 3 fully saturated rings. The Labute approximate surface area is 115 Å². The summed E-state index contributed by atoms with van der Waals surface area (Å²) < 4.78 is 0. The monoisotopic (exact) mass is 265 g/mol. The van der Waals surface area contributed by atoms with Crippen molar-refractivity contribution in [3.63, 3.8) is 0 Å². The van der Waals surface area contributed by atoms with Crippen LogP contribution in [0, 0.1) is 5.41 Å². The Morgan fingerprint density at radius 1 is 1.11 bits per heavy atom. The summed E-state index contributed by atoms with van der Waals surface area (Å²) in [5.74, 6) is -0.318. The number of carbonyl (C=O) groups excluding carboxylic acids is 1. The summed E-state index contributed by atoms with van der Waals surface area (Å²) >= 11 is 0. The van der Waals surface area contributed by atoms with Crippen LogP contribution in [0.15, 0.2) is 0 Å². The Hall–Kier alpha value is -0.610. The molecule has 1 heterocycles. The quantitative estimate of drug-likeness (QED) is 0.792. The zero-order valence-electron chi connectivity index (χ0n) is 11.9. The fourth-order valence-corrected chi connectivity index (χ4v) is 4.58. The predicted octanol–water partition coefficient (Wildman–Crippen LogP) is 1.38. The third-order valence-electron chi connectivity index (χ3n) is 5.91. The molecule has 108 valence electrons. The van der Waals surface area contributed by atoms with Crippen LogP contribution in [-0.2, 0) is 4.79 Å². The molecule has 1 spiro atoms. The molecule has 2 atom stereocenters. The Bertz CT molecular complexity index is 364. The number of primary amides is 1. The Balaban J connectivity index is 1.61. The number of nitrogens with zero attached hydrogens (tertiary/aromatic N) is 1. The van der Waals surface area contributed by atoms with Crippen LogP contribution in [-0.4, -0.2) is 35.5 Å². The van der Waals surface area contributed by atoms with E-state index in [1.807, 2.05) is 0 Å². The predicted molar refractivity (Wildman–Crippen MR) is 75.5 cm³/mol. The average molecular weight is 265 g/mol. The highest BCUT2D eigenvalue weighted by molar-refractivity contribution is 5.84. The van der Waals surface area contributed by atoms with E-state index in [0.717, 1.165) is 19.3 Å². The molecule has 3 aliphatic rings. The SMILES string of the molecule is NC(=O)C1(N)CCC(N2CCC3(CCCCC3)C2)C1. The van der Waals surface area contributed by atoms with Gasteiger partial charge in [-0.25, -0.2) is 0 Å². The number of carbonyl (C=O) groups is 1. The van der Waals surface area contributed by atoms with Gasteiger partial charge in [-0.05, 0) is 50.5 Å². The highest BCUT2D eigenvalue weighted by Crippen LogP contribution is 2.46. The van der Waals surface area contributed by atoms with Gasteiger partial charge in [0, 0.05) is 12.6 Å². The van der Waals surface area contributed by atoms with Crippen molar-refractivity contribution < 1.29 is 4.79 Å². The second kappa shape index (κ2) is 4.74. The van der Waals surface area contributed by atoms with E-state index in [1.165, 1.54) is 51.6 Å². The maximum atomic E-state index is 11.5. The Kier molecular flexibility index (Phi) is 3.34. The standard InChI is InChI=1S/C15H27N3O/c16-13(19)15(17)7-4-12(10-15)18-9-8-14(11-18)5-2-1-3-6-14/h12H,1-11,17H2,(H2,16,19). The van der Waals surface area contributed by atoms with Crippen molar-refractivity contribution >= 4 is 5.91 Å². The summed E-state index contributed by atoms with van der Waals surface area (Å²) in [5.41, 5.74) is 11.4. The topological polar surface area (TPSA) is 72.3 Å². The lowest BCUT2D eigenvalue weighted by atomic mass is 9.73. The van der Waals surface area contributed by atoms with Crippen LogP contribution in [0.25, 0.3) is 0 Å². The maximum Gasteiger partial charge on any atom is 0.237 e. The minimum absolute atomic E-state index is 0.318. The normalized spacial score (nSPS) is 38.9. The minimum Gasteiger partial charge on any atom is -0.368 e. The van der Waals surface area contributed by atoms with Gasteiger partial charge in [0.1, 0.15) is 0 Å². The smallest absolute Gasteiger partial charge is 0.237 e. The molecule has 4 N–H and O–H groups in total. The van der Waals surface area contributed by atoms with E-state index in [9.17, 15) is 4.79 Å². The summed E-state index contributed by atoms with van der Waals surface area (Å²) in [6.07, 6.45) is 10.9. The first-order chi connectivity index (χ1) is 9.03. The van der Waals surface area contributed by atoms with Gasteiger partial charge < -0.3 is 11.5 Å². The van der Waals surface area contributed by atoms with E-state index in [-0.39, 0.29) is 5.91 Å². The molecule has 1 aliphatic heterocycles. The van der Waals surface area contributed by atoms with Gasteiger partial charge in [0.2, 0.25) is 5.91 Å². The lowest BCUT2D eigenvalue weighted by molar-refractivity contribution is -0.123. The lowest BCUT2D eigenvalue weighted by Gasteiger charge is -2.34. The highest BCUT2D eigenvalue weighted by atomic mass is 16.1. The van der Waals surface area contributed by atoms with Crippen molar-refractivity contribution in [2.24, 2.45) is 16.9 Å². The number of amides is 1. The van der Waals surface area contributed by atoms with Gasteiger partial charge in [0.15, 0.2) is 0 Å². The number of hydrogen-bond donors (Lipinski definition) is 2. The Morgan fingerprint density at radius 3 is 2.47 bits per heavy atom. The van der Waals surface area contributed by atoms with Gasteiger partial charge in [-0.1, -0.05) is 19.3 Å². The minimum atomic E-state index is -0.743. The molecule has 19 heavy (non-hydrogen) atoms. The molecule has 1 saturated heterocycles. The molecule has 0 aromatic carbocycles. The Morgan fingerprint density at radius 2 is 1.84 bits per heavy atom. The summed E-state index contributed by atoms with van der Waals surface area (Å²) in [7, 11) is 0. The molecule has 3 rings (SSSR count). The van der Waals surface area contributed by atoms with Gasteiger partial charge in [-0.15, -0.1) is 0 Å². The van der Waals surface area contributed by atoms with Gasteiger partial charge in [-0.3, -0.25) is 9.69 Å². The lowest BCUT2D eigenvalue weighted by Crippen LogP contribution is -2.51. The molecule has 2 aliphatic carbocycles. The zero-order valence-corrected chi connectivity index (χ0v) is 11.9. The van der Waals surface area contributed by atoms with E-state index in [2.05, 4.69) is 4.90 Å². The average Bonchev–Trinajstić information content (AvgIpc) is 2.96. The van der Waals surface area contributed by atoms with Crippen LogP contribution in [0.3, 0.4) is 0 Å². The van der Waals surface area contributed by atoms with Crippen molar-refractivity contribution in [3.05, 3.63) is 0 Å². The summed E-state index contributed by atoms with van der Waals surface area (Å²) in [6.45, 7) is 2.42. The van der Waals surface area contributed by atoms with Crippen LogP contribution >= 0.6 is 0 Å². The van der Waals surface area contributed by atoms with E-state index in [0.29, 0.717) is 11.5 Å². The fourth-order valence-electron chi connectivity index (χ4n) is 4.58. The van der Waals surface area contributed by atoms with Crippen LogP contribution in [0.1, 0.15) is 57.8 Å². The number of rotatable bonds is 2. The highest BCUT2D eigenvalue weighted by Gasteiger charge is 2.47. The number of hydrogen-bond acceptors (Lipinski definition) is 3. The second-order valence-electron chi connectivity index (χ2n) is 7.20. The molecule has 0 aromatic heterocycles. The van der Waals surface area contributed by atoms with Crippen molar-refractivity contribution in [1.82, 2.24) is 4.90 Å². The van der Waals surface area contributed by atoms with Crippen LogP contribution in [0.5, 0.6) is 0 Å². The maximum absolute atomic E-state index is 11.5. The molecule has 4 nitrogen and oxygen atoms in total. The van der Waals surface area contributed by atoms with E-state index >= 15 is 0 Å². The molecule has 0 bridgehead atoms. The molecule has 2 unspecified atom stereocenters. The van der Waals surface area contributed by atoms with Crippen molar-refractivity contribution in [2.75, 3.05) is 13.1 Å². The summed E-state index contributed by atoms with van der Waals surface area (Å²) in [4.78, 5) is 14.1. The van der Waals surface area contributed by atoms with Crippen molar-refractivity contribution in [3.8, 4) is 0 Å². The van der Waals surface area contributed by atoms with Crippen molar-refractivity contribution in [1.29, 1.82) is 0 Å². The molecule has 4 heteroatoms. The fraction of sp³-hybridized carbons (Fsp3) is 0.933.